The highest BCUT2D eigenvalue weighted by Crippen LogP contribution is 2.26. The van der Waals surface area contributed by atoms with Crippen LogP contribution in [0.2, 0.25) is 0 Å². The fourth-order valence-electron chi connectivity index (χ4n) is 4.14. The molecule has 7 heteroatoms. The molecule has 0 unspecified atom stereocenters. The number of hydrogen-bond acceptors (Lipinski definition) is 7. The maximum absolute atomic E-state index is 5.55. The van der Waals surface area contributed by atoms with Crippen LogP contribution in [-0.2, 0) is 17.6 Å². The third-order valence-corrected chi connectivity index (χ3v) is 5.80. The van der Waals surface area contributed by atoms with E-state index in [-0.39, 0.29) is 0 Å². The number of aromatic nitrogens is 4. The quantitative estimate of drug-likeness (QED) is 0.468. The van der Waals surface area contributed by atoms with Gasteiger partial charge in [-0.05, 0) is 42.2 Å². The van der Waals surface area contributed by atoms with Crippen LogP contribution < -0.4 is 10.2 Å². The number of morpholine rings is 1. The van der Waals surface area contributed by atoms with Gasteiger partial charge in [-0.3, -0.25) is 9.97 Å². The lowest BCUT2D eigenvalue weighted by molar-refractivity contribution is 0.122. The fraction of sp³-hybridized carbons (Fsp3) is 0.308. The molecule has 4 heterocycles. The Morgan fingerprint density at radius 3 is 2.67 bits per heavy atom. The van der Waals surface area contributed by atoms with Gasteiger partial charge >= 0.3 is 0 Å². The number of anilines is 2. The van der Waals surface area contributed by atoms with Crippen LogP contribution in [0.5, 0.6) is 0 Å². The Bertz CT molecular complexity index is 1220. The Balaban J connectivity index is 1.42. The van der Waals surface area contributed by atoms with Gasteiger partial charge in [0.25, 0.3) is 0 Å². The maximum Gasteiger partial charge on any atom is 0.225 e. The molecular weight excluding hydrogens is 412 g/mol. The monoisotopic (exact) mass is 440 g/mol. The van der Waals surface area contributed by atoms with E-state index < -0.39 is 0 Å². The Kier molecular flexibility index (Phi) is 6.39. The van der Waals surface area contributed by atoms with E-state index in [0.717, 1.165) is 60.5 Å². The Morgan fingerprint density at radius 2 is 1.85 bits per heavy atom. The summed E-state index contributed by atoms with van der Waals surface area (Å²) in [6, 6.07) is 14.7. The largest absolute Gasteiger partial charge is 0.378 e. The van der Waals surface area contributed by atoms with Crippen LogP contribution in [0.25, 0.3) is 11.0 Å². The van der Waals surface area contributed by atoms with Crippen LogP contribution in [0.15, 0.2) is 61.1 Å². The minimum atomic E-state index is 0.636. The molecule has 4 aromatic rings. The van der Waals surface area contributed by atoms with Crippen LogP contribution in [0.4, 0.5) is 11.8 Å². The molecule has 0 saturated carbocycles. The van der Waals surface area contributed by atoms with Gasteiger partial charge in [-0.25, -0.2) is 4.98 Å². The van der Waals surface area contributed by atoms with Crippen LogP contribution in [0.1, 0.15) is 22.3 Å². The topological polar surface area (TPSA) is 76.1 Å². The van der Waals surface area contributed by atoms with Crippen molar-refractivity contribution in [3.8, 4) is 0 Å². The van der Waals surface area contributed by atoms with Crippen molar-refractivity contribution in [3.63, 3.8) is 0 Å². The van der Waals surface area contributed by atoms with Gasteiger partial charge in [0.15, 0.2) is 5.82 Å². The van der Waals surface area contributed by atoms with Gasteiger partial charge in [-0.15, -0.1) is 0 Å². The predicted molar refractivity (Wildman–Crippen MR) is 131 cm³/mol. The first-order valence-corrected chi connectivity index (χ1v) is 11.4. The summed E-state index contributed by atoms with van der Waals surface area (Å²) in [5.41, 5.74) is 6.51. The molecule has 0 bridgehead atoms. The van der Waals surface area contributed by atoms with E-state index in [4.69, 9.17) is 19.7 Å². The number of benzene rings is 1. The molecule has 1 N–H and O–H groups in total. The fourth-order valence-corrected chi connectivity index (χ4v) is 4.14. The molecule has 0 amide bonds. The van der Waals surface area contributed by atoms with E-state index in [1.54, 1.807) is 6.20 Å². The van der Waals surface area contributed by atoms with Gasteiger partial charge in [-0.1, -0.05) is 35.9 Å². The lowest BCUT2D eigenvalue weighted by Crippen LogP contribution is -2.37. The number of pyridine rings is 2. The molecule has 168 valence electrons. The average Bonchev–Trinajstić information content (AvgIpc) is 2.85. The smallest absolute Gasteiger partial charge is 0.225 e. The summed E-state index contributed by atoms with van der Waals surface area (Å²) in [6.45, 7) is 5.87. The van der Waals surface area contributed by atoms with Crippen LogP contribution in [0.3, 0.4) is 0 Å². The van der Waals surface area contributed by atoms with Gasteiger partial charge in [0.05, 0.1) is 18.7 Å². The SMILES string of the molecule is Cc1cccc(CCNc2nc(N3CCOCC3)c3ncc(Cc4cccnc4)cc3n2)c1. The Hall–Kier alpha value is -3.58. The molecule has 0 radical (unpaired) electrons. The van der Waals surface area contributed by atoms with Crippen molar-refractivity contribution in [3.05, 3.63) is 83.3 Å². The molecule has 0 spiro atoms. The van der Waals surface area contributed by atoms with Gasteiger partial charge in [0.2, 0.25) is 5.95 Å². The first kappa shape index (κ1) is 21.3. The molecule has 3 aromatic heterocycles. The van der Waals surface area contributed by atoms with E-state index >= 15 is 0 Å². The molecule has 5 rings (SSSR count). The predicted octanol–water partition coefficient (Wildman–Crippen LogP) is 3.81. The van der Waals surface area contributed by atoms with E-state index in [1.165, 1.54) is 11.1 Å². The first-order chi connectivity index (χ1) is 16.2. The lowest BCUT2D eigenvalue weighted by Gasteiger charge is -2.28. The van der Waals surface area contributed by atoms with E-state index in [0.29, 0.717) is 19.2 Å². The minimum absolute atomic E-state index is 0.636. The number of fused-ring (bicyclic) bond motifs is 1. The summed E-state index contributed by atoms with van der Waals surface area (Å²) < 4.78 is 5.55. The number of ether oxygens (including phenoxy) is 1. The molecule has 1 aliphatic heterocycles. The van der Waals surface area contributed by atoms with Gasteiger partial charge in [0, 0.05) is 44.6 Å². The summed E-state index contributed by atoms with van der Waals surface area (Å²) in [6.07, 6.45) is 7.28. The Labute approximate surface area is 193 Å². The molecule has 1 aromatic carbocycles. The Morgan fingerprint density at radius 1 is 0.970 bits per heavy atom. The molecule has 1 fully saturated rings. The second-order valence-electron chi connectivity index (χ2n) is 8.39. The van der Waals surface area contributed by atoms with Crippen LogP contribution in [0, 0.1) is 6.92 Å². The summed E-state index contributed by atoms with van der Waals surface area (Å²) >= 11 is 0. The second kappa shape index (κ2) is 9.92. The molecule has 0 atom stereocenters. The van der Waals surface area contributed by atoms with Crippen molar-refractivity contribution in [1.29, 1.82) is 0 Å². The number of nitrogens with one attached hydrogen (secondary N) is 1. The number of nitrogens with zero attached hydrogens (tertiary/aromatic N) is 5. The molecule has 1 saturated heterocycles. The molecule has 1 aliphatic rings. The van der Waals surface area contributed by atoms with Crippen molar-refractivity contribution in [2.75, 3.05) is 43.1 Å². The average molecular weight is 441 g/mol. The van der Waals surface area contributed by atoms with Crippen molar-refractivity contribution in [2.45, 2.75) is 19.8 Å². The van der Waals surface area contributed by atoms with Gasteiger partial charge in [-0.2, -0.15) is 4.98 Å². The van der Waals surface area contributed by atoms with Crippen LogP contribution >= 0.6 is 0 Å². The number of rotatable bonds is 7. The van der Waals surface area contributed by atoms with E-state index in [2.05, 4.69) is 58.5 Å². The highest BCUT2D eigenvalue weighted by molar-refractivity contribution is 5.87. The normalized spacial score (nSPS) is 13.9. The zero-order chi connectivity index (χ0) is 22.5. The van der Waals surface area contributed by atoms with Crippen molar-refractivity contribution < 1.29 is 4.74 Å². The third-order valence-electron chi connectivity index (χ3n) is 5.80. The van der Waals surface area contributed by atoms with Crippen molar-refractivity contribution >= 4 is 22.8 Å². The first-order valence-electron chi connectivity index (χ1n) is 11.4. The van der Waals surface area contributed by atoms with Crippen molar-refractivity contribution in [2.24, 2.45) is 0 Å². The number of hydrogen-bond donors (Lipinski definition) is 1. The lowest BCUT2D eigenvalue weighted by atomic mass is 10.1. The highest BCUT2D eigenvalue weighted by Gasteiger charge is 2.19. The third kappa shape index (κ3) is 5.26. The molecular formula is C26H28N6O. The summed E-state index contributed by atoms with van der Waals surface area (Å²) in [4.78, 5) is 20.9. The minimum Gasteiger partial charge on any atom is -0.378 e. The van der Waals surface area contributed by atoms with E-state index in [9.17, 15) is 0 Å². The molecule has 7 nitrogen and oxygen atoms in total. The summed E-state index contributed by atoms with van der Waals surface area (Å²) in [5.74, 6) is 1.51. The zero-order valence-electron chi connectivity index (χ0n) is 18.9. The zero-order valence-corrected chi connectivity index (χ0v) is 18.9. The standard InChI is InChI=1S/C26H28N6O/c1-19-4-2-5-20(14-19)7-9-28-26-30-23-16-22(15-21-6-3-8-27-17-21)18-29-24(23)25(31-26)32-10-12-33-13-11-32/h2-6,8,14,16-18H,7,9-13,15H2,1H3,(H,28,30,31). The van der Waals surface area contributed by atoms with Crippen molar-refractivity contribution in [1.82, 2.24) is 19.9 Å². The van der Waals surface area contributed by atoms with E-state index in [1.807, 2.05) is 18.5 Å². The molecule has 33 heavy (non-hydrogen) atoms. The molecule has 0 aliphatic carbocycles. The number of aryl methyl sites for hydroxylation is 1. The second-order valence-corrected chi connectivity index (χ2v) is 8.39. The van der Waals surface area contributed by atoms with Crippen LogP contribution in [-0.4, -0.2) is 52.8 Å². The van der Waals surface area contributed by atoms with Gasteiger partial charge in [0.1, 0.15) is 5.52 Å². The van der Waals surface area contributed by atoms with Gasteiger partial charge < -0.3 is 15.0 Å². The maximum atomic E-state index is 5.55. The summed E-state index contributed by atoms with van der Waals surface area (Å²) in [5, 5.41) is 3.44. The highest BCUT2D eigenvalue weighted by atomic mass is 16.5. The summed E-state index contributed by atoms with van der Waals surface area (Å²) in [7, 11) is 0.